The molecule has 0 saturated carbocycles. The summed E-state index contributed by atoms with van der Waals surface area (Å²) >= 11 is 2.21. The van der Waals surface area contributed by atoms with Crippen molar-refractivity contribution < 1.29 is 9.53 Å². The maximum Gasteiger partial charge on any atom is 0.319 e. The number of hydrogen-bond acceptors (Lipinski definition) is 2. The van der Waals surface area contributed by atoms with E-state index in [4.69, 9.17) is 4.74 Å². The van der Waals surface area contributed by atoms with Crippen LogP contribution >= 0.6 is 22.6 Å². The zero-order valence-corrected chi connectivity index (χ0v) is 13.9. The SMILES string of the molecule is COc1cccc(CCNC(=O)Nc2cccc(I)c2)c1. The minimum atomic E-state index is -0.195. The van der Waals surface area contributed by atoms with Crippen LogP contribution in [0, 0.1) is 3.57 Å². The average Bonchev–Trinajstić information content (AvgIpc) is 2.47. The summed E-state index contributed by atoms with van der Waals surface area (Å²) in [6.45, 7) is 0.572. The first-order valence-corrected chi connectivity index (χ1v) is 7.68. The minimum Gasteiger partial charge on any atom is -0.497 e. The molecule has 0 unspecified atom stereocenters. The van der Waals surface area contributed by atoms with Crippen LogP contribution in [0.25, 0.3) is 0 Å². The van der Waals surface area contributed by atoms with Crippen LogP contribution in [0.3, 0.4) is 0 Å². The summed E-state index contributed by atoms with van der Waals surface area (Å²) in [5.74, 6) is 0.829. The number of benzene rings is 2. The fourth-order valence-corrected chi connectivity index (χ4v) is 2.43. The highest BCUT2D eigenvalue weighted by molar-refractivity contribution is 14.1. The van der Waals surface area contributed by atoms with E-state index in [1.165, 1.54) is 0 Å². The fraction of sp³-hybridized carbons (Fsp3) is 0.188. The number of halogens is 1. The van der Waals surface area contributed by atoms with Crippen molar-refractivity contribution in [1.29, 1.82) is 0 Å². The van der Waals surface area contributed by atoms with Crippen molar-refractivity contribution in [2.75, 3.05) is 19.0 Å². The molecule has 2 aromatic carbocycles. The molecule has 5 heteroatoms. The summed E-state index contributed by atoms with van der Waals surface area (Å²) in [6, 6.07) is 15.3. The highest BCUT2D eigenvalue weighted by Gasteiger charge is 2.02. The quantitative estimate of drug-likeness (QED) is 0.758. The Bertz CT molecular complexity index is 617. The number of methoxy groups -OCH3 is 1. The number of rotatable bonds is 5. The summed E-state index contributed by atoms with van der Waals surface area (Å²) in [5.41, 5.74) is 1.92. The van der Waals surface area contributed by atoms with Crippen molar-refractivity contribution in [3.8, 4) is 5.75 Å². The number of amides is 2. The zero-order chi connectivity index (χ0) is 15.1. The van der Waals surface area contributed by atoms with Gasteiger partial charge in [-0.1, -0.05) is 18.2 Å². The summed E-state index contributed by atoms with van der Waals surface area (Å²) in [7, 11) is 1.64. The van der Waals surface area contributed by atoms with Crippen molar-refractivity contribution >= 4 is 34.3 Å². The highest BCUT2D eigenvalue weighted by Crippen LogP contribution is 2.13. The molecule has 2 aromatic rings. The van der Waals surface area contributed by atoms with Gasteiger partial charge in [0.15, 0.2) is 0 Å². The molecule has 0 spiro atoms. The van der Waals surface area contributed by atoms with E-state index in [1.54, 1.807) is 7.11 Å². The molecule has 0 bridgehead atoms. The van der Waals surface area contributed by atoms with Crippen molar-refractivity contribution in [1.82, 2.24) is 5.32 Å². The number of nitrogens with one attached hydrogen (secondary N) is 2. The molecule has 0 atom stereocenters. The lowest BCUT2D eigenvalue weighted by Gasteiger charge is -2.08. The lowest BCUT2D eigenvalue weighted by molar-refractivity contribution is 0.252. The van der Waals surface area contributed by atoms with Gasteiger partial charge in [-0.3, -0.25) is 0 Å². The molecular weight excluding hydrogens is 379 g/mol. The maximum atomic E-state index is 11.8. The van der Waals surface area contributed by atoms with Gasteiger partial charge >= 0.3 is 6.03 Å². The zero-order valence-electron chi connectivity index (χ0n) is 11.7. The van der Waals surface area contributed by atoms with E-state index in [1.807, 2.05) is 48.5 Å². The minimum absolute atomic E-state index is 0.195. The molecule has 2 N–H and O–H groups in total. The molecule has 21 heavy (non-hydrogen) atoms. The van der Waals surface area contributed by atoms with E-state index in [0.717, 1.165) is 27.0 Å². The Balaban J connectivity index is 1.79. The number of urea groups is 1. The fourth-order valence-electron chi connectivity index (χ4n) is 1.89. The van der Waals surface area contributed by atoms with Gasteiger partial charge in [0.2, 0.25) is 0 Å². The molecule has 4 nitrogen and oxygen atoms in total. The molecule has 0 aliphatic heterocycles. The van der Waals surface area contributed by atoms with Crippen LogP contribution in [0.5, 0.6) is 5.75 Å². The topological polar surface area (TPSA) is 50.4 Å². The van der Waals surface area contributed by atoms with Crippen LogP contribution in [0.15, 0.2) is 48.5 Å². The van der Waals surface area contributed by atoms with Crippen molar-refractivity contribution in [3.05, 3.63) is 57.7 Å². The lowest BCUT2D eigenvalue weighted by Crippen LogP contribution is -2.30. The van der Waals surface area contributed by atoms with Gasteiger partial charge in [0.1, 0.15) is 5.75 Å². The summed E-state index contributed by atoms with van der Waals surface area (Å²) in [4.78, 5) is 11.8. The van der Waals surface area contributed by atoms with Crippen LogP contribution < -0.4 is 15.4 Å². The average molecular weight is 396 g/mol. The van der Waals surface area contributed by atoms with Crippen LogP contribution in [0.2, 0.25) is 0 Å². The Labute approximate surface area is 138 Å². The normalized spacial score (nSPS) is 10.0. The third-order valence-corrected chi connectivity index (χ3v) is 3.59. The Morgan fingerprint density at radius 2 is 2.00 bits per heavy atom. The standard InChI is InChI=1S/C16H17IN2O2/c1-21-15-7-2-4-12(10-15)8-9-18-16(20)19-14-6-3-5-13(17)11-14/h2-7,10-11H,8-9H2,1H3,(H2,18,19,20). The summed E-state index contributed by atoms with van der Waals surface area (Å²) in [5, 5.41) is 5.66. The maximum absolute atomic E-state index is 11.8. The van der Waals surface area contributed by atoms with Gasteiger partial charge in [-0.05, 0) is 64.9 Å². The van der Waals surface area contributed by atoms with Gasteiger partial charge < -0.3 is 15.4 Å². The van der Waals surface area contributed by atoms with Crippen LogP contribution in [-0.4, -0.2) is 19.7 Å². The Morgan fingerprint density at radius 3 is 2.76 bits per heavy atom. The molecule has 0 radical (unpaired) electrons. The predicted molar refractivity (Wildman–Crippen MR) is 92.9 cm³/mol. The van der Waals surface area contributed by atoms with E-state index in [0.29, 0.717) is 6.54 Å². The van der Waals surface area contributed by atoms with Crippen LogP contribution in [0.1, 0.15) is 5.56 Å². The molecule has 2 amide bonds. The molecule has 0 fully saturated rings. The molecule has 110 valence electrons. The predicted octanol–water partition coefficient (Wildman–Crippen LogP) is 3.66. The van der Waals surface area contributed by atoms with E-state index >= 15 is 0 Å². The van der Waals surface area contributed by atoms with Gasteiger partial charge in [-0.2, -0.15) is 0 Å². The van der Waals surface area contributed by atoms with Crippen molar-refractivity contribution in [3.63, 3.8) is 0 Å². The van der Waals surface area contributed by atoms with Gasteiger partial charge in [0, 0.05) is 15.8 Å². The number of carbonyl (C=O) groups excluding carboxylic acids is 1. The Hall–Kier alpha value is -1.76. The molecule has 0 aliphatic carbocycles. The molecule has 0 saturated heterocycles. The first-order chi connectivity index (χ1) is 10.2. The third kappa shape index (κ3) is 5.26. The monoisotopic (exact) mass is 396 g/mol. The van der Waals surface area contributed by atoms with Gasteiger partial charge in [0.05, 0.1) is 7.11 Å². The number of carbonyl (C=O) groups is 1. The van der Waals surface area contributed by atoms with Crippen molar-refractivity contribution in [2.24, 2.45) is 0 Å². The highest BCUT2D eigenvalue weighted by atomic mass is 127. The van der Waals surface area contributed by atoms with Gasteiger partial charge in [-0.15, -0.1) is 0 Å². The van der Waals surface area contributed by atoms with Crippen molar-refractivity contribution in [2.45, 2.75) is 6.42 Å². The van der Waals surface area contributed by atoms with Crippen LogP contribution in [-0.2, 0) is 6.42 Å². The van der Waals surface area contributed by atoms with E-state index in [-0.39, 0.29) is 6.03 Å². The molecule has 2 rings (SSSR count). The smallest absolute Gasteiger partial charge is 0.319 e. The largest absolute Gasteiger partial charge is 0.497 e. The number of ether oxygens (including phenoxy) is 1. The molecule has 0 aromatic heterocycles. The summed E-state index contributed by atoms with van der Waals surface area (Å²) < 4.78 is 6.26. The van der Waals surface area contributed by atoms with E-state index in [2.05, 4.69) is 33.2 Å². The van der Waals surface area contributed by atoms with Gasteiger partial charge in [-0.25, -0.2) is 4.79 Å². The molecule has 0 aliphatic rings. The number of hydrogen-bond donors (Lipinski definition) is 2. The first kappa shape index (κ1) is 15.6. The Morgan fingerprint density at radius 1 is 1.19 bits per heavy atom. The van der Waals surface area contributed by atoms with Crippen LogP contribution in [0.4, 0.5) is 10.5 Å². The van der Waals surface area contributed by atoms with Gasteiger partial charge in [0.25, 0.3) is 0 Å². The number of anilines is 1. The molecular formula is C16H17IN2O2. The van der Waals surface area contributed by atoms with E-state index < -0.39 is 0 Å². The second-order valence-electron chi connectivity index (χ2n) is 4.49. The second kappa shape index (κ2) is 7.87. The summed E-state index contributed by atoms with van der Waals surface area (Å²) in [6.07, 6.45) is 0.761. The second-order valence-corrected chi connectivity index (χ2v) is 5.74. The first-order valence-electron chi connectivity index (χ1n) is 6.61. The molecule has 0 heterocycles. The Kier molecular flexibility index (Phi) is 5.86. The lowest BCUT2D eigenvalue weighted by atomic mass is 10.1. The van der Waals surface area contributed by atoms with E-state index in [9.17, 15) is 4.79 Å². The third-order valence-electron chi connectivity index (χ3n) is 2.92.